The van der Waals surface area contributed by atoms with Crippen molar-refractivity contribution in [3.63, 3.8) is 0 Å². The predicted octanol–water partition coefficient (Wildman–Crippen LogP) is -1.16. The van der Waals surface area contributed by atoms with Gasteiger partial charge in [0.1, 0.15) is 18.3 Å². The zero-order valence-electron chi connectivity index (χ0n) is 14.8. The summed E-state index contributed by atoms with van der Waals surface area (Å²) in [4.78, 5) is 33.9. The molecule has 6 N–H and O–H groups in total. The van der Waals surface area contributed by atoms with Gasteiger partial charge >= 0.3 is 29.2 Å². The Labute approximate surface area is 166 Å². The molecule has 0 spiro atoms. The van der Waals surface area contributed by atoms with Crippen molar-refractivity contribution in [3.05, 3.63) is 16.7 Å². The molecular weight excluding hydrogens is 479 g/mol. The van der Waals surface area contributed by atoms with E-state index in [0.29, 0.717) is 0 Å². The van der Waals surface area contributed by atoms with Crippen molar-refractivity contribution >= 4 is 29.3 Å². The maximum absolute atomic E-state index is 12.2. The SMILES string of the molecule is COc1cn([C@@H]2O[C@H](COP3(=O)OP(=O)(O)OP(=O)(O)O3)[C@H](O)[C@@H]2O)c(=O)nc1N. The van der Waals surface area contributed by atoms with E-state index in [4.69, 9.17) is 15.2 Å². The third-order valence-electron chi connectivity index (χ3n) is 3.79. The highest BCUT2D eigenvalue weighted by Crippen LogP contribution is 2.80. The van der Waals surface area contributed by atoms with Gasteiger partial charge in [-0.2, -0.15) is 17.9 Å². The summed E-state index contributed by atoms with van der Waals surface area (Å²) in [6, 6.07) is 0. The quantitative estimate of drug-likeness (QED) is 0.302. The van der Waals surface area contributed by atoms with Gasteiger partial charge in [0.25, 0.3) is 0 Å². The van der Waals surface area contributed by atoms with Crippen LogP contribution in [-0.4, -0.2) is 61.6 Å². The first-order valence-corrected chi connectivity index (χ1v) is 12.2. The minimum Gasteiger partial charge on any atom is -0.491 e. The van der Waals surface area contributed by atoms with Gasteiger partial charge in [0.2, 0.25) is 0 Å². The number of nitrogens with two attached hydrogens (primary N) is 1. The average molecular weight is 495 g/mol. The molecule has 2 fully saturated rings. The Hall–Kier alpha value is -1.19. The molecule has 3 heterocycles. The van der Waals surface area contributed by atoms with Crippen LogP contribution in [0.3, 0.4) is 0 Å². The number of nitrogens with zero attached hydrogens (tertiary/aromatic N) is 2. The Morgan fingerprint density at radius 3 is 2.33 bits per heavy atom. The topological polar surface area (TPSA) is 248 Å². The van der Waals surface area contributed by atoms with Gasteiger partial charge < -0.3 is 35.2 Å². The summed E-state index contributed by atoms with van der Waals surface area (Å²) in [6.07, 6.45) is -5.42. The number of hydrogen-bond acceptors (Lipinski definition) is 14. The van der Waals surface area contributed by atoms with Crippen LogP contribution >= 0.6 is 23.5 Å². The zero-order chi connectivity index (χ0) is 22.5. The standard InChI is InChI=1S/C10H16N3O14P3/c1-22-4-2-13(10(16)12-8(4)11)9-7(15)6(14)5(24-9)3-23-30(21)26-28(17,18)25-29(19,20)27-30/h2,5-7,9,14-15H,3H2,1H3,(H,17,18)(H,19,20)(H2,11,12,16)/t5-,6+,7+,9-/m1/s1. The summed E-state index contributed by atoms with van der Waals surface area (Å²) in [5.74, 6) is -0.272. The summed E-state index contributed by atoms with van der Waals surface area (Å²) in [5.41, 5.74) is 4.54. The zero-order valence-corrected chi connectivity index (χ0v) is 17.5. The molecule has 0 bridgehead atoms. The molecule has 2 aliphatic heterocycles. The molecule has 3 rings (SSSR count). The number of phosphoric acid groups is 3. The molecule has 30 heavy (non-hydrogen) atoms. The molecule has 0 aliphatic carbocycles. The number of aliphatic hydroxyl groups is 2. The van der Waals surface area contributed by atoms with Crippen LogP contribution in [0.5, 0.6) is 5.75 Å². The molecule has 17 nitrogen and oxygen atoms in total. The highest BCUT2D eigenvalue weighted by atomic mass is 31.3. The lowest BCUT2D eigenvalue weighted by atomic mass is 10.1. The van der Waals surface area contributed by atoms with E-state index in [1.165, 1.54) is 7.11 Å². The Morgan fingerprint density at radius 1 is 1.17 bits per heavy atom. The Bertz CT molecular complexity index is 1000. The van der Waals surface area contributed by atoms with Crippen LogP contribution in [0, 0.1) is 0 Å². The average Bonchev–Trinajstić information content (AvgIpc) is 2.85. The molecule has 6 atom stereocenters. The number of nitrogen functional groups attached to an aromatic ring is 1. The van der Waals surface area contributed by atoms with E-state index in [2.05, 4.69) is 22.4 Å². The molecule has 170 valence electrons. The number of hydrogen-bond donors (Lipinski definition) is 5. The van der Waals surface area contributed by atoms with Gasteiger partial charge in [0.05, 0.1) is 19.9 Å². The maximum atomic E-state index is 12.2. The minimum atomic E-state index is -5.26. The fourth-order valence-electron chi connectivity index (χ4n) is 2.54. The van der Waals surface area contributed by atoms with Gasteiger partial charge in [-0.1, -0.05) is 0 Å². The van der Waals surface area contributed by atoms with E-state index in [-0.39, 0.29) is 11.6 Å². The van der Waals surface area contributed by atoms with Crippen LogP contribution in [0.4, 0.5) is 5.82 Å². The first-order valence-electron chi connectivity index (χ1n) is 7.74. The lowest BCUT2D eigenvalue weighted by Gasteiger charge is -2.27. The van der Waals surface area contributed by atoms with Gasteiger partial charge in [-0.3, -0.25) is 9.09 Å². The molecule has 20 heteroatoms. The minimum absolute atomic E-state index is 0.0366. The second-order valence-corrected chi connectivity index (χ2v) is 10.8. The summed E-state index contributed by atoms with van der Waals surface area (Å²) in [5, 5.41) is 20.3. The number of methoxy groups -OCH3 is 1. The second-order valence-electron chi connectivity index (χ2n) is 5.86. The molecule has 0 aromatic carbocycles. The molecule has 1 aromatic heterocycles. The number of ether oxygens (including phenoxy) is 2. The second kappa shape index (κ2) is 8.06. The highest BCUT2D eigenvalue weighted by molar-refractivity contribution is 7.74. The van der Waals surface area contributed by atoms with E-state index in [0.717, 1.165) is 10.8 Å². The number of anilines is 1. The molecule has 2 aliphatic rings. The highest BCUT2D eigenvalue weighted by Gasteiger charge is 2.55. The normalized spacial score (nSPS) is 41.6. The molecule has 0 saturated carbocycles. The number of aliphatic hydroxyl groups excluding tert-OH is 2. The smallest absolute Gasteiger partial charge is 0.491 e. The van der Waals surface area contributed by atoms with Crippen molar-refractivity contribution in [1.82, 2.24) is 9.55 Å². The lowest BCUT2D eigenvalue weighted by molar-refractivity contribution is -0.0546. The first-order chi connectivity index (χ1) is 13.8. The summed E-state index contributed by atoms with van der Waals surface area (Å²) >= 11 is 0. The van der Waals surface area contributed by atoms with Crippen molar-refractivity contribution in [1.29, 1.82) is 0 Å². The molecule has 0 radical (unpaired) electrons. The van der Waals surface area contributed by atoms with Crippen LogP contribution in [0.15, 0.2) is 11.0 Å². The summed E-state index contributed by atoms with van der Waals surface area (Å²) < 4.78 is 62.5. The van der Waals surface area contributed by atoms with Crippen molar-refractivity contribution in [2.75, 3.05) is 19.5 Å². The van der Waals surface area contributed by atoms with Crippen LogP contribution in [0.1, 0.15) is 6.23 Å². The molecule has 0 amide bonds. The Kier molecular flexibility index (Phi) is 6.30. The van der Waals surface area contributed by atoms with Gasteiger partial charge in [-0.05, 0) is 0 Å². The molecule has 2 saturated heterocycles. The van der Waals surface area contributed by atoms with E-state index in [1.54, 1.807) is 0 Å². The largest absolute Gasteiger partial charge is 0.492 e. The Morgan fingerprint density at radius 2 is 1.77 bits per heavy atom. The first kappa shape index (κ1) is 23.5. The molecule has 2 unspecified atom stereocenters. The van der Waals surface area contributed by atoms with Crippen LogP contribution < -0.4 is 16.2 Å². The number of rotatable bonds is 5. The lowest BCUT2D eigenvalue weighted by Crippen LogP contribution is -2.36. The van der Waals surface area contributed by atoms with E-state index in [9.17, 15) is 38.5 Å². The van der Waals surface area contributed by atoms with Crippen molar-refractivity contribution in [2.45, 2.75) is 24.5 Å². The van der Waals surface area contributed by atoms with Crippen LogP contribution in [0.25, 0.3) is 0 Å². The monoisotopic (exact) mass is 495 g/mol. The van der Waals surface area contributed by atoms with Gasteiger partial charge in [0, 0.05) is 0 Å². The van der Waals surface area contributed by atoms with Gasteiger partial charge in [-0.15, -0.1) is 0 Å². The third-order valence-corrected chi connectivity index (χ3v) is 9.15. The van der Waals surface area contributed by atoms with E-state index >= 15 is 0 Å². The number of aromatic nitrogens is 2. The van der Waals surface area contributed by atoms with Gasteiger partial charge in [-0.25, -0.2) is 18.5 Å². The maximum Gasteiger partial charge on any atom is 0.492 e. The summed E-state index contributed by atoms with van der Waals surface area (Å²) in [7, 11) is -14.4. The molecular formula is C10H16N3O14P3. The van der Waals surface area contributed by atoms with Gasteiger partial charge in [0.15, 0.2) is 17.8 Å². The van der Waals surface area contributed by atoms with Crippen molar-refractivity contribution < 1.29 is 60.6 Å². The van der Waals surface area contributed by atoms with Crippen LogP contribution in [-0.2, 0) is 35.9 Å². The fourth-order valence-corrected chi connectivity index (χ4v) is 7.47. The molecule has 1 aromatic rings. The predicted molar refractivity (Wildman–Crippen MR) is 91.8 cm³/mol. The van der Waals surface area contributed by atoms with Crippen molar-refractivity contribution in [3.8, 4) is 5.75 Å². The fraction of sp³-hybridized carbons (Fsp3) is 0.600. The Balaban J connectivity index is 1.77. The van der Waals surface area contributed by atoms with Crippen molar-refractivity contribution in [2.24, 2.45) is 0 Å². The van der Waals surface area contributed by atoms with Crippen LogP contribution in [0.2, 0.25) is 0 Å². The summed E-state index contributed by atoms with van der Waals surface area (Å²) in [6.45, 7) is -0.930. The van der Waals surface area contributed by atoms with E-state index < -0.39 is 60.3 Å². The van der Waals surface area contributed by atoms with E-state index in [1.807, 2.05) is 0 Å². The third kappa shape index (κ3) is 4.83.